The van der Waals surface area contributed by atoms with E-state index >= 15 is 0 Å². The number of piperazine rings is 1. The molecule has 5 nitrogen and oxygen atoms in total. The Hall–Kier alpha value is -2.76. The van der Waals surface area contributed by atoms with Gasteiger partial charge in [-0.3, -0.25) is 9.69 Å². The molecule has 0 unspecified atom stereocenters. The van der Waals surface area contributed by atoms with Crippen LogP contribution in [0.15, 0.2) is 54.6 Å². The Kier molecular flexibility index (Phi) is 7.21. The number of hydrogen-bond donors (Lipinski definition) is 2. The first-order valence-electron chi connectivity index (χ1n) is 12.9. The number of pyridine rings is 1. The maximum atomic E-state index is 14.0. The molecule has 5 rings (SSSR count). The molecule has 1 atom stereocenters. The van der Waals surface area contributed by atoms with Crippen molar-refractivity contribution < 1.29 is 4.79 Å². The van der Waals surface area contributed by atoms with Crippen LogP contribution in [0.25, 0.3) is 22.2 Å². The van der Waals surface area contributed by atoms with Crippen LogP contribution in [-0.2, 0) is 6.54 Å². The summed E-state index contributed by atoms with van der Waals surface area (Å²) >= 11 is 0. The Balaban J connectivity index is 1.60. The predicted molar refractivity (Wildman–Crippen MR) is 139 cm³/mol. The van der Waals surface area contributed by atoms with Crippen LogP contribution in [0, 0.1) is 5.92 Å². The van der Waals surface area contributed by atoms with Crippen molar-refractivity contribution in [2.24, 2.45) is 5.92 Å². The predicted octanol–water partition coefficient (Wildman–Crippen LogP) is 5.01. The highest BCUT2D eigenvalue weighted by Crippen LogP contribution is 2.32. The van der Waals surface area contributed by atoms with Crippen molar-refractivity contribution in [3.05, 3.63) is 65.7 Å². The van der Waals surface area contributed by atoms with Crippen LogP contribution < -0.4 is 10.6 Å². The minimum atomic E-state index is 0.0407. The molecule has 2 aliphatic rings. The first-order chi connectivity index (χ1) is 16.7. The minimum Gasteiger partial charge on any atom is -0.349 e. The minimum absolute atomic E-state index is 0.0407. The molecule has 1 saturated heterocycles. The van der Waals surface area contributed by atoms with E-state index in [0.29, 0.717) is 5.92 Å². The Morgan fingerprint density at radius 2 is 1.74 bits per heavy atom. The van der Waals surface area contributed by atoms with Crippen molar-refractivity contribution in [1.29, 1.82) is 0 Å². The third kappa shape index (κ3) is 5.01. The quantitative estimate of drug-likeness (QED) is 0.548. The van der Waals surface area contributed by atoms with Crippen molar-refractivity contribution >= 4 is 16.8 Å². The molecule has 178 valence electrons. The van der Waals surface area contributed by atoms with Crippen LogP contribution in [0.1, 0.15) is 54.9 Å². The van der Waals surface area contributed by atoms with Crippen molar-refractivity contribution in [2.75, 3.05) is 26.2 Å². The maximum Gasteiger partial charge on any atom is 0.252 e. The van der Waals surface area contributed by atoms with E-state index in [9.17, 15) is 4.79 Å². The van der Waals surface area contributed by atoms with E-state index in [-0.39, 0.29) is 11.9 Å². The lowest BCUT2D eigenvalue weighted by Gasteiger charge is -2.30. The Morgan fingerprint density at radius 3 is 2.50 bits per heavy atom. The lowest BCUT2D eigenvalue weighted by atomic mass is 9.84. The fourth-order valence-electron chi connectivity index (χ4n) is 5.62. The largest absolute Gasteiger partial charge is 0.349 e. The van der Waals surface area contributed by atoms with Gasteiger partial charge in [0.2, 0.25) is 0 Å². The van der Waals surface area contributed by atoms with Gasteiger partial charge >= 0.3 is 0 Å². The highest BCUT2D eigenvalue weighted by Gasteiger charge is 2.27. The van der Waals surface area contributed by atoms with Gasteiger partial charge in [-0.05, 0) is 31.7 Å². The number of carbonyl (C=O) groups is 1. The highest BCUT2D eigenvalue weighted by molar-refractivity contribution is 6.09. The zero-order chi connectivity index (χ0) is 23.3. The summed E-state index contributed by atoms with van der Waals surface area (Å²) in [6.45, 7) is 6.81. The summed E-state index contributed by atoms with van der Waals surface area (Å²) in [6, 6.07) is 18.6. The molecule has 1 amide bonds. The molecule has 5 heteroatoms. The van der Waals surface area contributed by atoms with Gasteiger partial charge in [0.25, 0.3) is 5.91 Å². The van der Waals surface area contributed by atoms with E-state index in [0.717, 1.165) is 66.0 Å². The van der Waals surface area contributed by atoms with E-state index in [1.54, 1.807) is 0 Å². The molecule has 2 fully saturated rings. The summed E-state index contributed by atoms with van der Waals surface area (Å²) in [6.07, 6.45) is 6.29. The van der Waals surface area contributed by atoms with Crippen LogP contribution in [0.5, 0.6) is 0 Å². The summed E-state index contributed by atoms with van der Waals surface area (Å²) in [5.41, 5.74) is 4.70. The van der Waals surface area contributed by atoms with E-state index < -0.39 is 0 Å². The second-order valence-corrected chi connectivity index (χ2v) is 9.88. The number of hydrogen-bond acceptors (Lipinski definition) is 4. The van der Waals surface area contributed by atoms with Crippen molar-refractivity contribution in [1.82, 2.24) is 20.5 Å². The van der Waals surface area contributed by atoms with Gasteiger partial charge in [-0.2, -0.15) is 0 Å². The Morgan fingerprint density at radius 1 is 1.03 bits per heavy atom. The molecule has 2 aromatic carbocycles. The van der Waals surface area contributed by atoms with Crippen molar-refractivity contribution in [3.8, 4) is 11.3 Å². The SMILES string of the molecule is C[C@@H](NC(=O)c1c(CN2CCNCC2)c(-c2ccccc2)nc2ccccc12)C1CCCCC1. The smallest absolute Gasteiger partial charge is 0.252 e. The molecule has 0 radical (unpaired) electrons. The number of fused-ring (bicyclic) bond motifs is 1. The zero-order valence-electron chi connectivity index (χ0n) is 20.2. The van der Waals surface area contributed by atoms with Crippen molar-refractivity contribution in [2.45, 2.75) is 51.6 Å². The average Bonchev–Trinajstić information content (AvgIpc) is 2.89. The standard InChI is InChI=1S/C29H36N4O/c1-21(22-10-4-2-5-11-22)31-29(34)27-24-14-8-9-15-26(24)32-28(23-12-6-3-7-13-23)25(27)20-33-18-16-30-17-19-33/h3,6-9,12-15,21-22,30H,2,4-5,10-11,16-20H2,1H3,(H,31,34)/t21-/m1/s1. The highest BCUT2D eigenvalue weighted by atomic mass is 16.1. The van der Waals surface area contributed by atoms with Crippen LogP contribution >= 0.6 is 0 Å². The van der Waals surface area contributed by atoms with E-state index in [2.05, 4.69) is 40.7 Å². The molecule has 1 saturated carbocycles. The molecule has 1 aliphatic carbocycles. The number of carbonyl (C=O) groups excluding carboxylic acids is 1. The maximum absolute atomic E-state index is 14.0. The van der Waals surface area contributed by atoms with Gasteiger partial charge in [0.05, 0.1) is 16.8 Å². The fourth-order valence-corrected chi connectivity index (χ4v) is 5.62. The van der Waals surface area contributed by atoms with Crippen LogP contribution in [0.4, 0.5) is 0 Å². The normalized spacial score (nSPS) is 18.6. The van der Waals surface area contributed by atoms with Gasteiger partial charge in [-0.25, -0.2) is 4.98 Å². The van der Waals surface area contributed by atoms with Gasteiger partial charge in [0.15, 0.2) is 0 Å². The second-order valence-electron chi connectivity index (χ2n) is 9.88. The van der Waals surface area contributed by atoms with E-state index in [1.807, 2.05) is 36.4 Å². The van der Waals surface area contributed by atoms with Crippen molar-refractivity contribution in [3.63, 3.8) is 0 Å². The van der Waals surface area contributed by atoms with Gasteiger partial charge in [-0.1, -0.05) is 67.8 Å². The Bertz CT molecular complexity index is 1120. The number of nitrogens with zero attached hydrogens (tertiary/aromatic N) is 2. The van der Waals surface area contributed by atoms with Crippen LogP contribution in [-0.4, -0.2) is 48.0 Å². The molecule has 0 bridgehead atoms. The van der Waals surface area contributed by atoms with Crippen LogP contribution in [0.3, 0.4) is 0 Å². The summed E-state index contributed by atoms with van der Waals surface area (Å²) in [7, 11) is 0. The lowest BCUT2D eigenvalue weighted by molar-refractivity contribution is 0.0918. The summed E-state index contributed by atoms with van der Waals surface area (Å²) in [4.78, 5) is 21.5. The molecule has 0 spiro atoms. The second kappa shape index (κ2) is 10.7. The van der Waals surface area contributed by atoms with Gasteiger partial charge < -0.3 is 10.6 Å². The third-order valence-corrected chi connectivity index (χ3v) is 7.57. The molecule has 2 heterocycles. The Labute approximate surface area is 203 Å². The topological polar surface area (TPSA) is 57.3 Å². The summed E-state index contributed by atoms with van der Waals surface area (Å²) < 4.78 is 0. The third-order valence-electron chi connectivity index (χ3n) is 7.57. The molecule has 1 aliphatic heterocycles. The lowest BCUT2D eigenvalue weighted by Crippen LogP contribution is -2.43. The van der Waals surface area contributed by atoms with Gasteiger partial charge in [0, 0.05) is 55.3 Å². The number of nitrogens with one attached hydrogen (secondary N) is 2. The number of aromatic nitrogens is 1. The average molecular weight is 457 g/mol. The number of benzene rings is 2. The first-order valence-corrected chi connectivity index (χ1v) is 12.9. The monoisotopic (exact) mass is 456 g/mol. The zero-order valence-corrected chi connectivity index (χ0v) is 20.2. The molecule has 3 aromatic rings. The molecular weight excluding hydrogens is 420 g/mol. The van der Waals surface area contributed by atoms with Gasteiger partial charge in [0.1, 0.15) is 0 Å². The molecule has 34 heavy (non-hydrogen) atoms. The molecule has 1 aromatic heterocycles. The van der Waals surface area contributed by atoms with E-state index in [1.165, 1.54) is 32.1 Å². The first kappa shape index (κ1) is 23.0. The van der Waals surface area contributed by atoms with E-state index in [4.69, 9.17) is 4.98 Å². The summed E-state index contributed by atoms with van der Waals surface area (Å²) in [5, 5.41) is 7.80. The summed E-state index contributed by atoms with van der Waals surface area (Å²) in [5.74, 6) is 0.606. The fraction of sp³-hybridized carbons (Fsp3) is 0.448. The van der Waals surface area contributed by atoms with Crippen LogP contribution in [0.2, 0.25) is 0 Å². The number of rotatable bonds is 6. The van der Waals surface area contributed by atoms with Gasteiger partial charge in [-0.15, -0.1) is 0 Å². The number of amides is 1. The number of para-hydroxylation sites is 1. The molecular formula is C29H36N4O. The molecule has 2 N–H and O–H groups in total.